The Bertz CT molecular complexity index is 545. The zero-order valence-electron chi connectivity index (χ0n) is 11.5. The first-order chi connectivity index (χ1) is 9.14. The molecule has 19 heavy (non-hydrogen) atoms. The first-order valence-corrected chi connectivity index (χ1v) is 6.86. The molecule has 0 aromatic carbocycles. The number of hydrogen-bond donors (Lipinski definition) is 1. The highest BCUT2D eigenvalue weighted by Gasteiger charge is 2.31. The Kier molecular flexibility index (Phi) is 3.01. The predicted molar refractivity (Wildman–Crippen MR) is 76.4 cm³/mol. The van der Waals surface area contributed by atoms with Gasteiger partial charge in [-0.15, -0.1) is 0 Å². The summed E-state index contributed by atoms with van der Waals surface area (Å²) in [6.07, 6.45) is 9.22. The maximum atomic E-state index is 4.44. The van der Waals surface area contributed by atoms with Crippen LogP contribution in [0.5, 0.6) is 0 Å². The van der Waals surface area contributed by atoms with E-state index >= 15 is 0 Å². The molecule has 2 heterocycles. The van der Waals surface area contributed by atoms with Crippen molar-refractivity contribution in [3.63, 3.8) is 0 Å². The van der Waals surface area contributed by atoms with Gasteiger partial charge in [0.05, 0.1) is 5.69 Å². The van der Waals surface area contributed by atoms with Gasteiger partial charge in [0.1, 0.15) is 0 Å². The van der Waals surface area contributed by atoms with Crippen molar-refractivity contribution in [2.45, 2.75) is 39.2 Å². The summed E-state index contributed by atoms with van der Waals surface area (Å²) in [5.41, 5.74) is 1.51. The summed E-state index contributed by atoms with van der Waals surface area (Å²) in [4.78, 5) is 4.44. The summed E-state index contributed by atoms with van der Waals surface area (Å²) in [7, 11) is 0. The van der Waals surface area contributed by atoms with Gasteiger partial charge >= 0.3 is 0 Å². The van der Waals surface area contributed by atoms with Crippen molar-refractivity contribution >= 4 is 5.69 Å². The van der Waals surface area contributed by atoms with E-state index in [9.17, 15) is 0 Å². The van der Waals surface area contributed by atoms with Crippen LogP contribution in [-0.2, 0) is 0 Å². The van der Waals surface area contributed by atoms with Gasteiger partial charge in [-0.3, -0.25) is 0 Å². The van der Waals surface area contributed by atoms with Gasteiger partial charge < -0.3 is 5.32 Å². The van der Waals surface area contributed by atoms with Crippen molar-refractivity contribution in [3.8, 4) is 5.82 Å². The molecule has 0 spiro atoms. The van der Waals surface area contributed by atoms with Crippen molar-refractivity contribution in [3.05, 3.63) is 36.8 Å². The molecule has 0 amide bonds. The molecule has 4 heteroatoms. The van der Waals surface area contributed by atoms with Crippen LogP contribution in [0.25, 0.3) is 5.82 Å². The fourth-order valence-corrected chi connectivity index (χ4v) is 2.87. The molecule has 0 bridgehead atoms. The number of rotatable bonds is 3. The Hall–Kier alpha value is -1.84. The Morgan fingerprint density at radius 2 is 2.21 bits per heavy atom. The Balaban J connectivity index is 1.82. The maximum absolute atomic E-state index is 4.44. The average molecular weight is 256 g/mol. The smallest absolute Gasteiger partial charge is 0.176 e. The van der Waals surface area contributed by atoms with Crippen LogP contribution in [0, 0.1) is 5.41 Å². The van der Waals surface area contributed by atoms with E-state index in [2.05, 4.69) is 35.3 Å². The standard InChI is InChI=1S/C15H20N4/c1-15(2)7-6-12(11-15)18-13-5-3-8-16-14(13)19-10-4-9-17-19/h3-5,8-10,12,18H,6-7,11H2,1-2H3. The van der Waals surface area contributed by atoms with Crippen molar-refractivity contribution < 1.29 is 0 Å². The van der Waals surface area contributed by atoms with E-state index in [1.54, 1.807) is 12.4 Å². The fourth-order valence-electron chi connectivity index (χ4n) is 2.87. The molecule has 0 radical (unpaired) electrons. The molecule has 3 rings (SSSR count). The van der Waals surface area contributed by atoms with E-state index < -0.39 is 0 Å². The second-order valence-electron chi connectivity index (χ2n) is 6.07. The maximum Gasteiger partial charge on any atom is 0.176 e. The zero-order valence-corrected chi connectivity index (χ0v) is 11.5. The van der Waals surface area contributed by atoms with Gasteiger partial charge in [-0.1, -0.05) is 13.8 Å². The molecule has 1 aliphatic rings. The van der Waals surface area contributed by atoms with Crippen LogP contribution in [0.4, 0.5) is 5.69 Å². The third-order valence-electron chi connectivity index (χ3n) is 3.84. The van der Waals surface area contributed by atoms with Crippen molar-refractivity contribution in [2.24, 2.45) is 5.41 Å². The van der Waals surface area contributed by atoms with Crippen molar-refractivity contribution in [1.29, 1.82) is 0 Å². The van der Waals surface area contributed by atoms with Crippen LogP contribution in [0.2, 0.25) is 0 Å². The molecule has 4 nitrogen and oxygen atoms in total. The molecule has 1 atom stereocenters. The fraction of sp³-hybridized carbons (Fsp3) is 0.467. The minimum Gasteiger partial charge on any atom is -0.379 e. The van der Waals surface area contributed by atoms with E-state index in [-0.39, 0.29) is 0 Å². The molecule has 0 saturated heterocycles. The van der Waals surface area contributed by atoms with Crippen LogP contribution >= 0.6 is 0 Å². The molecule has 2 aromatic rings. The minimum absolute atomic E-state index is 0.450. The highest BCUT2D eigenvalue weighted by molar-refractivity contribution is 5.56. The number of anilines is 1. The lowest BCUT2D eigenvalue weighted by Crippen LogP contribution is -2.19. The molecule has 100 valence electrons. The lowest BCUT2D eigenvalue weighted by atomic mass is 9.92. The summed E-state index contributed by atoms with van der Waals surface area (Å²) in [5, 5.41) is 7.89. The zero-order chi connectivity index (χ0) is 13.3. The molecular formula is C15H20N4. The van der Waals surface area contributed by atoms with Crippen LogP contribution in [0.1, 0.15) is 33.1 Å². The SMILES string of the molecule is CC1(C)CCC(Nc2cccnc2-n2cccn2)C1. The summed E-state index contributed by atoms with van der Waals surface area (Å²) >= 11 is 0. The molecule has 1 fully saturated rings. The number of pyridine rings is 1. The van der Waals surface area contributed by atoms with Crippen molar-refractivity contribution in [1.82, 2.24) is 14.8 Å². The Morgan fingerprint density at radius 1 is 1.32 bits per heavy atom. The molecule has 1 N–H and O–H groups in total. The predicted octanol–water partition coefficient (Wildman–Crippen LogP) is 3.26. The molecule has 1 saturated carbocycles. The van der Waals surface area contributed by atoms with Gasteiger partial charge in [0.2, 0.25) is 0 Å². The number of nitrogens with zero attached hydrogens (tertiary/aromatic N) is 3. The second-order valence-corrected chi connectivity index (χ2v) is 6.07. The van der Waals surface area contributed by atoms with E-state index in [4.69, 9.17) is 0 Å². The number of aromatic nitrogens is 3. The summed E-state index contributed by atoms with van der Waals surface area (Å²) in [6, 6.07) is 6.50. The van der Waals surface area contributed by atoms with E-state index in [0.29, 0.717) is 11.5 Å². The highest BCUT2D eigenvalue weighted by atomic mass is 15.3. The molecule has 1 aliphatic carbocycles. The summed E-state index contributed by atoms with van der Waals surface area (Å²) in [5.74, 6) is 0.872. The number of hydrogen-bond acceptors (Lipinski definition) is 3. The van der Waals surface area contributed by atoms with Gasteiger partial charge in [0, 0.05) is 24.6 Å². The van der Waals surface area contributed by atoms with Crippen LogP contribution in [0.3, 0.4) is 0 Å². The first kappa shape index (κ1) is 12.2. The van der Waals surface area contributed by atoms with Crippen molar-refractivity contribution in [2.75, 3.05) is 5.32 Å². The first-order valence-electron chi connectivity index (χ1n) is 6.86. The lowest BCUT2D eigenvalue weighted by molar-refractivity contribution is 0.378. The van der Waals surface area contributed by atoms with Gasteiger partial charge in [-0.25, -0.2) is 9.67 Å². The average Bonchev–Trinajstić information content (AvgIpc) is 3.00. The third-order valence-corrected chi connectivity index (χ3v) is 3.84. The quantitative estimate of drug-likeness (QED) is 0.916. The van der Waals surface area contributed by atoms with Crippen LogP contribution < -0.4 is 5.32 Å². The summed E-state index contributed by atoms with van der Waals surface area (Å²) in [6.45, 7) is 4.68. The lowest BCUT2D eigenvalue weighted by Gasteiger charge is -2.19. The van der Waals surface area contributed by atoms with Gasteiger partial charge in [0.25, 0.3) is 0 Å². The normalized spacial score (nSPS) is 21.5. The molecule has 0 aliphatic heterocycles. The molecule has 2 aromatic heterocycles. The Labute approximate surface area is 113 Å². The largest absolute Gasteiger partial charge is 0.379 e. The molecule has 1 unspecified atom stereocenters. The third kappa shape index (κ3) is 2.62. The van der Waals surface area contributed by atoms with Gasteiger partial charge in [0.15, 0.2) is 5.82 Å². The monoisotopic (exact) mass is 256 g/mol. The van der Waals surface area contributed by atoms with Crippen LogP contribution in [0.15, 0.2) is 36.8 Å². The Morgan fingerprint density at radius 3 is 2.89 bits per heavy atom. The highest BCUT2D eigenvalue weighted by Crippen LogP contribution is 2.38. The molecular weight excluding hydrogens is 236 g/mol. The summed E-state index contributed by atoms with van der Waals surface area (Å²) < 4.78 is 1.81. The van der Waals surface area contributed by atoms with E-state index in [1.807, 2.05) is 23.0 Å². The van der Waals surface area contributed by atoms with E-state index in [1.165, 1.54) is 19.3 Å². The number of nitrogens with one attached hydrogen (secondary N) is 1. The van der Waals surface area contributed by atoms with Gasteiger partial charge in [-0.05, 0) is 42.9 Å². The van der Waals surface area contributed by atoms with E-state index in [0.717, 1.165) is 11.5 Å². The topological polar surface area (TPSA) is 42.7 Å². The van der Waals surface area contributed by atoms with Gasteiger partial charge in [-0.2, -0.15) is 5.10 Å². The minimum atomic E-state index is 0.450. The van der Waals surface area contributed by atoms with Crippen LogP contribution in [-0.4, -0.2) is 20.8 Å². The second kappa shape index (κ2) is 4.68.